The predicted octanol–water partition coefficient (Wildman–Crippen LogP) is 3.60. The van der Waals surface area contributed by atoms with Crippen molar-refractivity contribution in [2.45, 2.75) is 26.9 Å². The van der Waals surface area contributed by atoms with E-state index in [9.17, 15) is 15.2 Å². The normalized spacial score (nSPS) is 12.2. The van der Waals surface area contributed by atoms with Gasteiger partial charge in [-0.2, -0.15) is 0 Å². The molecule has 0 bridgehead atoms. The summed E-state index contributed by atoms with van der Waals surface area (Å²) >= 11 is 0. The fourth-order valence-electron chi connectivity index (χ4n) is 2.23. The van der Waals surface area contributed by atoms with Gasteiger partial charge in [-0.25, -0.2) is 0 Å². The van der Waals surface area contributed by atoms with Crippen LogP contribution in [0.3, 0.4) is 0 Å². The van der Waals surface area contributed by atoms with Gasteiger partial charge in [-0.1, -0.05) is 35.9 Å². The number of hydrogen-bond donors (Lipinski definition) is 1. The second kappa shape index (κ2) is 5.43. The number of nitro benzene ring substituents is 1. The molecule has 0 aromatic heterocycles. The molecular formula is C16H17NO3. The fourth-order valence-corrected chi connectivity index (χ4v) is 2.23. The Bertz CT molecular complexity index is 665. The molecule has 0 saturated heterocycles. The lowest BCUT2D eigenvalue weighted by Gasteiger charge is -2.15. The van der Waals surface area contributed by atoms with Crippen LogP contribution in [0.15, 0.2) is 36.4 Å². The average Bonchev–Trinajstić information content (AvgIpc) is 2.41. The molecule has 0 radical (unpaired) electrons. The van der Waals surface area contributed by atoms with E-state index in [4.69, 9.17) is 0 Å². The Morgan fingerprint density at radius 1 is 1.05 bits per heavy atom. The van der Waals surface area contributed by atoms with Crippen LogP contribution in [-0.4, -0.2) is 10.0 Å². The SMILES string of the molecule is Cc1ccc(C)c(C(O)c2ccc(C)c([N+](=O)[O-])c2)c1. The lowest BCUT2D eigenvalue weighted by Crippen LogP contribution is -2.04. The molecule has 0 aliphatic rings. The van der Waals surface area contributed by atoms with Crippen molar-refractivity contribution in [3.05, 3.63) is 74.3 Å². The van der Waals surface area contributed by atoms with Crippen molar-refractivity contribution >= 4 is 5.69 Å². The number of aliphatic hydroxyl groups is 1. The molecule has 1 unspecified atom stereocenters. The summed E-state index contributed by atoms with van der Waals surface area (Å²) in [5, 5.41) is 21.4. The lowest BCUT2D eigenvalue weighted by atomic mass is 9.95. The topological polar surface area (TPSA) is 63.4 Å². The molecule has 1 N–H and O–H groups in total. The molecule has 0 saturated carbocycles. The molecular weight excluding hydrogens is 254 g/mol. The van der Waals surface area contributed by atoms with E-state index in [2.05, 4.69) is 0 Å². The molecule has 4 heteroatoms. The summed E-state index contributed by atoms with van der Waals surface area (Å²) in [6.45, 7) is 5.56. The molecule has 0 fully saturated rings. The molecule has 2 rings (SSSR count). The van der Waals surface area contributed by atoms with Gasteiger partial charge in [-0.3, -0.25) is 10.1 Å². The van der Waals surface area contributed by atoms with Crippen molar-refractivity contribution < 1.29 is 10.0 Å². The molecule has 0 heterocycles. The first-order chi connectivity index (χ1) is 9.40. The Morgan fingerprint density at radius 3 is 2.35 bits per heavy atom. The van der Waals surface area contributed by atoms with Gasteiger partial charge in [0.1, 0.15) is 6.10 Å². The first-order valence-electron chi connectivity index (χ1n) is 6.40. The molecule has 2 aromatic rings. The summed E-state index contributed by atoms with van der Waals surface area (Å²) in [6.07, 6.45) is -0.853. The zero-order chi connectivity index (χ0) is 14.9. The lowest BCUT2D eigenvalue weighted by molar-refractivity contribution is -0.385. The van der Waals surface area contributed by atoms with Gasteiger partial charge in [0, 0.05) is 11.6 Å². The van der Waals surface area contributed by atoms with Crippen LogP contribution >= 0.6 is 0 Å². The molecule has 0 amide bonds. The van der Waals surface area contributed by atoms with E-state index >= 15 is 0 Å². The molecule has 4 nitrogen and oxygen atoms in total. The van der Waals surface area contributed by atoms with Gasteiger partial charge in [0.15, 0.2) is 0 Å². The number of aliphatic hydroxyl groups excluding tert-OH is 1. The number of nitrogens with zero attached hydrogens (tertiary/aromatic N) is 1. The first kappa shape index (κ1) is 14.2. The Morgan fingerprint density at radius 2 is 1.70 bits per heavy atom. The smallest absolute Gasteiger partial charge is 0.272 e. The summed E-state index contributed by atoms with van der Waals surface area (Å²) in [5.74, 6) is 0. The van der Waals surface area contributed by atoms with Crippen molar-refractivity contribution in [1.82, 2.24) is 0 Å². The Hall–Kier alpha value is -2.20. The molecule has 20 heavy (non-hydrogen) atoms. The zero-order valence-electron chi connectivity index (χ0n) is 11.8. The van der Waals surface area contributed by atoms with Crippen LogP contribution in [0.1, 0.15) is 33.9 Å². The maximum atomic E-state index is 11.0. The van der Waals surface area contributed by atoms with Crippen LogP contribution < -0.4 is 0 Å². The number of hydrogen-bond acceptors (Lipinski definition) is 3. The van der Waals surface area contributed by atoms with Gasteiger partial charge in [-0.15, -0.1) is 0 Å². The van der Waals surface area contributed by atoms with Crippen LogP contribution in [0, 0.1) is 30.9 Å². The maximum Gasteiger partial charge on any atom is 0.272 e. The number of rotatable bonds is 3. The predicted molar refractivity (Wildman–Crippen MR) is 77.8 cm³/mol. The minimum atomic E-state index is -0.853. The summed E-state index contributed by atoms with van der Waals surface area (Å²) in [6, 6.07) is 10.7. The van der Waals surface area contributed by atoms with Crippen LogP contribution in [0.2, 0.25) is 0 Å². The standard InChI is InChI=1S/C16H17NO3/c1-10-4-5-11(2)14(8-10)16(18)13-7-6-12(3)15(9-13)17(19)20/h4-9,16,18H,1-3H3. The maximum absolute atomic E-state index is 11.0. The van der Waals surface area contributed by atoms with E-state index < -0.39 is 11.0 Å². The third-order valence-corrected chi connectivity index (χ3v) is 3.47. The van der Waals surface area contributed by atoms with Gasteiger partial charge in [-0.05, 0) is 37.5 Å². The largest absolute Gasteiger partial charge is 0.384 e. The Kier molecular flexibility index (Phi) is 3.86. The van der Waals surface area contributed by atoms with E-state index in [1.807, 2.05) is 32.0 Å². The van der Waals surface area contributed by atoms with E-state index in [1.54, 1.807) is 19.1 Å². The van der Waals surface area contributed by atoms with Gasteiger partial charge < -0.3 is 5.11 Å². The summed E-state index contributed by atoms with van der Waals surface area (Å²) in [7, 11) is 0. The first-order valence-corrected chi connectivity index (χ1v) is 6.40. The van der Waals surface area contributed by atoms with Crippen molar-refractivity contribution in [3.8, 4) is 0 Å². The fraction of sp³-hybridized carbons (Fsp3) is 0.250. The highest BCUT2D eigenvalue weighted by molar-refractivity contribution is 5.46. The molecule has 1 atom stereocenters. The van der Waals surface area contributed by atoms with Crippen LogP contribution in [0.5, 0.6) is 0 Å². The molecule has 2 aromatic carbocycles. The van der Waals surface area contributed by atoms with Gasteiger partial charge in [0.05, 0.1) is 4.92 Å². The second-order valence-electron chi connectivity index (χ2n) is 5.07. The quantitative estimate of drug-likeness (QED) is 0.685. The number of aryl methyl sites for hydroxylation is 3. The Balaban J connectivity index is 2.48. The summed E-state index contributed by atoms with van der Waals surface area (Å²) in [5.41, 5.74) is 3.95. The average molecular weight is 271 g/mol. The van der Waals surface area contributed by atoms with Gasteiger partial charge in [0.2, 0.25) is 0 Å². The van der Waals surface area contributed by atoms with Crippen molar-refractivity contribution in [3.63, 3.8) is 0 Å². The molecule has 0 aliphatic heterocycles. The Labute approximate surface area is 117 Å². The van der Waals surface area contributed by atoms with Gasteiger partial charge in [0.25, 0.3) is 5.69 Å². The van der Waals surface area contributed by atoms with E-state index in [0.717, 1.165) is 16.7 Å². The highest BCUT2D eigenvalue weighted by Crippen LogP contribution is 2.29. The van der Waals surface area contributed by atoms with Crippen LogP contribution in [0.4, 0.5) is 5.69 Å². The van der Waals surface area contributed by atoms with Gasteiger partial charge >= 0.3 is 0 Å². The monoisotopic (exact) mass is 271 g/mol. The number of benzene rings is 2. The third-order valence-electron chi connectivity index (χ3n) is 3.47. The molecule has 0 aliphatic carbocycles. The summed E-state index contributed by atoms with van der Waals surface area (Å²) < 4.78 is 0. The van der Waals surface area contributed by atoms with Crippen LogP contribution in [-0.2, 0) is 0 Å². The van der Waals surface area contributed by atoms with E-state index in [1.165, 1.54) is 6.07 Å². The third kappa shape index (κ3) is 2.70. The highest BCUT2D eigenvalue weighted by Gasteiger charge is 2.18. The second-order valence-corrected chi connectivity index (χ2v) is 5.07. The zero-order valence-corrected chi connectivity index (χ0v) is 11.8. The summed E-state index contributed by atoms with van der Waals surface area (Å²) in [4.78, 5) is 10.6. The highest BCUT2D eigenvalue weighted by atomic mass is 16.6. The van der Waals surface area contributed by atoms with Crippen molar-refractivity contribution in [1.29, 1.82) is 0 Å². The van der Waals surface area contributed by atoms with Crippen molar-refractivity contribution in [2.75, 3.05) is 0 Å². The van der Waals surface area contributed by atoms with Crippen LogP contribution in [0.25, 0.3) is 0 Å². The molecule has 0 spiro atoms. The molecule has 104 valence electrons. The van der Waals surface area contributed by atoms with Crippen molar-refractivity contribution in [2.24, 2.45) is 0 Å². The van der Waals surface area contributed by atoms with E-state index in [-0.39, 0.29) is 5.69 Å². The number of nitro groups is 1. The minimum absolute atomic E-state index is 0.0341. The van der Waals surface area contributed by atoms with E-state index in [0.29, 0.717) is 11.1 Å². The minimum Gasteiger partial charge on any atom is -0.384 e.